The Morgan fingerprint density at radius 3 is 2.44 bits per heavy atom. The summed E-state index contributed by atoms with van der Waals surface area (Å²) < 4.78 is 1.93. The van der Waals surface area contributed by atoms with E-state index in [9.17, 15) is 9.90 Å². The van der Waals surface area contributed by atoms with Crippen molar-refractivity contribution in [1.82, 2.24) is 34.4 Å². The lowest BCUT2D eigenvalue weighted by Crippen LogP contribution is -2.75. The minimum absolute atomic E-state index is 0.228. The van der Waals surface area contributed by atoms with E-state index in [-0.39, 0.29) is 11.4 Å². The second kappa shape index (κ2) is 6.59. The Bertz CT molecular complexity index is 1140. The summed E-state index contributed by atoms with van der Waals surface area (Å²) in [6.07, 6.45) is 8.04. The van der Waals surface area contributed by atoms with Crippen LogP contribution in [0.5, 0.6) is 0 Å². The molecule has 8 rings (SSSR count). The summed E-state index contributed by atoms with van der Waals surface area (Å²) in [5.74, 6) is 1.32. The maximum Gasteiger partial charge on any atom is 0.320 e. The molecule has 2 aromatic rings. The van der Waals surface area contributed by atoms with E-state index in [4.69, 9.17) is 4.98 Å². The second-order valence-electron chi connectivity index (χ2n) is 12.2. The highest BCUT2D eigenvalue weighted by Crippen LogP contribution is 2.55. The van der Waals surface area contributed by atoms with Crippen molar-refractivity contribution in [2.75, 3.05) is 39.3 Å². The molecule has 10 heteroatoms. The van der Waals surface area contributed by atoms with Crippen LogP contribution < -0.4 is 0 Å². The number of aromatic nitrogens is 4. The van der Waals surface area contributed by atoms with Crippen molar-refractivity contribution < 1.29 is 9.90 Å². The van der Waals surface area contributed by atoms with Gasteiger partial charge in [0, 0.05) is 61.4 Å². The molecular weight excluding hydrogens is 450 g/mol. The van der Waals surface area contributed by atoms with Crippen LogP contribution in [0, 0.1) is 10.8 Å². The first-order valence-corrected chi connectivity index (χ1v) is 13.6. The molecule has 2 amide bonds. The van der Waals surface area contributed by atoms with Crippen molar-refractivity contribution in [3.8, 4) is 0 Å². The van der Waals surface area contributed by atoms with Gasteiger partial charge >= 0.3 is 6.03 Å². The summed E-state index contributed by atoms with van der Waals surface area (Å²) in [7, 11) is 0. The first-order valence-electron chi connectivity index (χ1n) is 12.7. The number of carbonyl (C=O) groups is 1. The molecule has 6 aliphatic rings. The maximum atomic E-state index is 13.0. The van der Waals surface area contributed by atoms with Gasteiger partial charge in [0.1, 0.15) is 16.9 Å². The van der Waals surface area contributed by atoms with Gasteiger partial charge in [0.05, 0.1) is 18.3 Å². The van der Waals surface area contributed by atoms with Crippen LogP contribution in [0.15, 0.2) is 11.7 Å². The van der Waals surface area contributed by atoms with E-state index in [1.807, 2.05) is 20.9 Å². The predicted octanol–water partition coefficient (Wildman–Crippen LogP) is 2.17. The Labute approximate surface area is 202 Å². The Kier molecular flexibility index (Phi) is 3.91. The van der Waals surface area contributed by atoms with Gasteiger partial charge in [-0.1, -0.05) is 0 Å². The summed E-state index contributed by atoms with van der Waals surface area (Å²) in [6.45, 7) is 6.71. The van der Waals surface area contributed by atoms with Gasteiger partial charge in [-0.3, -0.25) is 4.90 Å². The predicted molar refractivity (Wildman–Crippen MR) is 124 cm³/mol. The summed E-state index contributed by atoms with van der Waals surface area (Å²) in [5.41, 5.74) is 1.14. The van der Waals surface area contributed by atoms with Crippen molar-refractivity contribution in [2.45, 2.75) is 62.6 Å². The van der Waals surface area contributed by atoms with Gasteiger partial charge < -0.3 is 14.9 Å². The Morgan fingerprint density at radius 1 is 1.06 bits per heavy atom. The lowest BCUT2D eigenvalue weighted by molar-refractivity contribution is -0.120. The minimum Gasteiger partial charge on any atom is -0.382 e. The van der Waals surface area contributed by atoms with Crippen LogP contribution in [0.25, 0.3) is 0 Å². The Hall–Kier alpha value is -2.04. The number of amides is 2. The van der Waals surface area contributed by atoms with Gasteiger partial charge in [-0.2, -0.15) is 5.10 Å². The fourth-order valence-corrected chi connectivity index (χ4v) is 7.68. The van der Waals surface area contributed by atoms with E-state index in [0.29, 0.717) is 17.3 Å². The largest absolute Gasteiger partial charge is 0.382 e. The molecule has 3 saturated heterocycles. The van der Waals surface area contributed by atoms with Gasteiger partial charge in [-0.25, -0.2) is 19.4 Å². The second-order valence-corrected chi connectivity index (χ2v) is 13.2. The molecule has 3 aliphatic heterocycles. The number of urea groups is 1. The van der Waals surface area contributed by atoms with Crippen molar-refractivity contribution in [3.63, 3.8) is 0 Å². The lowest BCUT2D eigenvalue weighted by Gasteiger charge is -2.63. The molecule has 0 bridgehead atoms. The number of hydrogen-bond donors (Lipinski definition) is 1. The van der Waals surface area contributed by atoms with Crippen molar-refractivity contribution in [3.05, 3.63) is 28.2 Å². The summed E-state index contributed by atoms with van der Waals surface area (Å²) in [5, 5.41) is 18.2. The molecule has 2 aromatic heterocycles. The zero-order valence-corrected chi connectivity index (χ0v) is 20.2. The highest BCUT2D eigenvalue weighted by molar-refractivity contribution is 7.09. The molecular formula is C24H31N7O2S. The first kappa shape index (κ1) is 20.2. The molecule has 0 radical (unpaired) electrons. The van der Waals surface area contributed by atoms with Gasteiger partial charge in [0.15, 0.2) is 5.82 Å². The van der Waals surface area contributed by atoms with E-state index in [0.717, 1.165) is 77.4 Å². The lowest BCUT2D eigenvalue weighted by atomic mass is 9.60. The normalized spacial score (nSPS) is 28.4. The molecule has 9 nitrogen and oxygen atoms in total. The van der Waals surface area contributed by atoms with Crippen LogP contribution >= 0.6 is 11.3 Å². The van der Waals surface area contributed by atoms with Crippen LogP contribution in [0.3, 0.4) is 0 Å². The van der Waals surface area contributed by atoms with Crippen LogP contribution in [-0.2, 0) is 12.1 Å². The number of aliphatic hydroxyl groups is 1. The van der Waals surface area contributed by atoms with E-state index in [1.54, 1.807) is 6.33 Å². The molecule has 0 aromatic carbocycles. The number of likely N-dealkylation sites (tertiary alicyclic amines) is 3. The van der Waals surface area contributed by atoms with Gasteiger partial charge in [-0.15, -0.1) is 11.3 Å². The number of nitrogens with zero attached hydrogens (tertiary/aromatic N) is 7. The average molecular weight is 482 g/mol. The van der Waals surface area contributed by atoms with Crippen LogP contribution in [0.2, 0.25) is 0 Å². The van der Waals surface area contributed by atoms with Crippen molar-refractivity contribution >= 4 is 17.4 Å². The molecule has 0 atom stereocenters. The maximum absolute atomic E-state index is 13.0. The molecule has 6 fully saturated rings. The molecule has 0 unspecified atom stereocenters. The Balaban J connectivity index is 0.784. The quantitative estimate of drug-likeness (QED) is 0.704. The number of hydrogen-bond acceptors (Lipinski definition) is 7. The molecule has 3 saturated carbocycles. The summed E-state index contributed by atoms with van der Waals surface area (Å²) in [4.78, 5) is 28.7. The third kappa shape index (κ3) is 3.10. The third-order valence-corrected chi connectivity index (χ3v) is 9.90. The topological polar surface area (TPSA) is 90.6 Å². The van der Waals surface area contributed by atoms with E-state index in [1.165, 1.54) is 23.5 Å². The molecule has 180 valence electrons. The highest BCUT2D eigenvalue weighted by Gasteiger charge is 2.58. The molecule has 5 heterocycles. The van der Waals surface area contributed by atoms with Crippen LogP contribution in [0.4, 0.5) is 4.79 Å². The Morgan fingerprint density at radius 2 is 1.76 bits per heavy atom. The van der Waals surface area contributed by atoms with Gasteiger partial charge in [0.25, 0.3) is 0 Å². The van der Waals surface area contributed by atoms with Crippen LogP contribution in [-0.4, -0.2) is 84.9 Å². The number of rotatable bonds is 5. The standard InChI is InChI=1S/C24H31N7O2S/c32-21(29-11-22(12-29)5-17(6-22)31-15-25-20(27-31)24(33)3-4-24)30-13-23(14-30)9-28(10-23)7-19-26-18(8-34-19)16-1-2-16/h8,15-17,33H,1-7,9-14H2. The minimum atomic E-state index is -0.765. The molecule has 34 heavy (non-hydrogen) atoms. The molecule has 2 spiro atoms. The summed E-state index contributed by atoms with van der Waals surface area (Å²) in [6, 6.07) is 0.582. The smallest absolute Gasteiger partial charge is 0.320 e. The zero-order chi connectivity index (χ0) is 22.7. The van der Waals surface area contributed by atoms with E-state index < -0.39 is 5.60 Å². The monoisotopic (exact) mass is 481 g/mol. The summed E-state index contributed by atoms with van der Waals surface area (Å²) >= 11 is 1.81. The zero-order valence-electron chi connectivity index (χ0n) is 19.4. The number of thiazole rings is 1. The SMILES string of the molecule is O=C(N1CC2(CC(n3cnc(C4(O)CC4)n3)C2)C1)N1CC2(CN(Cc3nc(C4CC4)cs3)C2)C1. The van der Waals surface area contributed by atoms with E-state index >= 15 is 0 Å². The van der Waals surface area contributed by atoms with Crippen molar-refractivity contribution in [1.29, 1.82) is 0 Å². The van der Waals surface area contributed by atoms with Gasteiger partial charge in [0.2, 0.25) is 0 Å². The van der Waals surface area contributed by atoms with Crippen molar-refractivity contribution in [2.24, 2.45) is 10.8 Å². The highest BCUT2D eigenvalue weighted by atomic mass is 32.1. The number of carbonyl (C=O) groups excluding carboxylic acids is 1. The third-order valence-electron chi connectivity index (χ3n) is 9.05. The average Bonchev–Trinajstić information content (AvgIpc) is 3.58. The van der Waals surface area contributed by atoms with Gasteiger partial charge in [-0.05, 0) is 38.5 Å². The van der Waals surface area contributed by atoms with Crippen LogP contribution in [0.1, 0.15) is 67.0 Å². The fourth-order valence-electron chi connectivity index (χ4n) is 6.76. The fraction of sp³-hybridized carbons (Fsp3) is 0.750. The molecule has 3 aliphatic carbocycles. The van der Waals surface area contributed by atoms with E-state index in [2.05, 4.69) is 25.3 Å². The first-order chi connectivity index (χ1) is 16.4. The molecule has 1 N–H and O–H groups in total.